The summed E-state index contributed by atoms with van der Waals surface area (Å²) in [7, 11) is 0. The lowest BCUT2D eigenvalue weighted by Crippen LogP contribution is -2.25. The van der Waals surface area contributed by atoms with Crippen molar-refractivity contribution in [2.45, 2.75) is 19.8 Å². The SMILES string of the molecule is CCOC(=O)C1=C(C)OC(N)=C(C#N)C1c1ccc(Oc2ncccc2C#N)cc1. The molecule has 0 radical (unpaired) electrons. The molecule has 1 aliphatic rings. The van der Waals surface area contributed by atoms with Crippen molar-refractivity contribution in [3.05, 3.63) is 76.5 Å². The van der Waals surface area contributed by atoms with Gasteiger partial charge in [-0.05, 0) is 43.7 Å². The van der Waals surface area contributed by atoms with Gasteiger partial charge in [0.2, 0.25) is 11.8 Å². The summed E-state index contributed by atoms with van der Waals surface area (Å²) in [6.45, 7) is 3.48. The molecule has 0 spiro atoms. The number of hydrogen-bond donors (Lipinski definition) is 1. The van der Waals surface area contributed by atoms with E-state index in [1.54, 1.807) is 50.2 Å². The highest BCUT2D eigenvalue weighted by molar-refractivity contribution is 5.92. The summed E-state index contributed by atoms with van der Waals surface area (Å²) in [6, 6.07) is 14.0. The fourth-order valence-corrected chi connectivity index (χ4v) is 3.09. The van der Waals surface area contributed by atoms with Crippen LogP contribution in [0.2, 0.25) is 0 Å². The van der Waals surface area contributed by atoms with E-state index in [-0.39, 0.29) is 35.3 Å². The maximum Gasteiger partial charge on any atom is 0.338 e. The van der Waals surface area contributed by atoms with Crippen LogP contribution in [-0.4, -0.2) is 17.6 Å². The number of pyridine rings is 1. The number of aromatic nitrogens is 1. The van der Waals surface area contributed by atoms with Crippen molar-refractivity contribution in [1.29, 1.82) is 10.5 Å². The van der Waals surface area contributed by atoms with Gasteiger partial charge in [-0.1, -0.05) is 12.1 Å². The van der Waals surface area contributed by atoms with Crippen molar-refractivity contribution in [1.82, 2.24) is 4.98 Å². The van der Waals surface area contributed by atoms with Gasteiger partial charge in [-0.2, -0.15) is 10.5 Å². The third-order valence-electron chi connectivity index (χ3n) is 4.42. The third-order valence-corrected chi connectivity index (χ3v) is 4.42. The lowest BCUT2D eigenvalue weighted by atomic mass is 9.83. The summed E-state index contributed by atoms with van der Waals surface area (Å²) in [4.78, 5) is 16.6. The fourth-order valence-electron chi connectivity index (χ4n) is 3.09. The van der Waals surface area contributed by atoms with Crippen LogP contribution in [0.3, 0.4) is 0 Å². The number of nitrogens with two attached hydrogens (primary N) is 1. The minimum absolute atomic E-state index is 0.0551. The standard InChI is InChI=1S/C22H18N4O4/c1-3-28-22(27)18-13(2)29-20(25)17(12-24)19(18)14-6-8-16(9-7-14)30-21-15(11-23)5-4-10-26-21/h4-10,19H,3,25H2,1-2H3. The minimum atomic E-state index is -0.735. The monoisotopic (exact) mass is 402 g/mol. The highest BCUT2D eigenvalue weighted by atomic mass is 16.5. The van der Waals surface area contributed by atoms with E-state index in [4.69, 9.17) is 25.2 Å². The molecular formula is C22H18N4O4. The first-order valence-corrected chi connectivity index (χ1v) is 9.08. The highest BCUT2D eigenvalue weighted by Gasteiger charge is 2.36. The lowest BCUT2D eigenvalue weighted by Gasteiger charge is -2.26. The van der Waals surface area contributed by atoms with Crippen molar-refractivity contribution in [2.75, 3.05) is 6.61 Å². The number of benzene rings is 1. The Kier molecular flexibility index (Phi) is 6.00. The third kappa shape index (κ3) is 3.94. The molecule has 0 saturated heterocycles. The number of carbonyl (C=O) groups excluding carboxylic acids is 1. The van der Waals surface area contributed by atoms with Crippen LogP contribution < -0.4 is 10.5 Å². The molecule has 3 rings (SSSR count). The van der Waals surface area contributed by atoms with Gasteiger partial charge in [0, 0.05) is 6.20 Å². The van der Waals surface area contributed by atoms with E-state index in [2.05, 4.69) is 4.98 Å². The quantitative estimate of drug-likeness (QED) is 0.753. The van der Waals surface area contributed by atoms with Crippen LogP contribution in [0.1, 0.15) is 30.9 Å². The van der Waals surface area contributed by atoms with Crippen LogP contribution in [0.15, 0.2) is 65.4 Å². The molecular weight excluding hydrogens is 384 g/mol. The molecule has 1 aromatic heterocycles. The number of nitriles is 2. The number of ether oxygens (including phenoxy) is 3. The van der Waals surface area contributed by atoms with E-state index in [9.17, 15) is 10.1 Å². The van der Waals surface area contributed by atoms with E-state index in [0.29, 0.717) is 16.9 Å². The van der Waals surface area contributed by atoms with Crippen LogP contribution in [0.25, 0.3) is 0 Å². The molecule has 0 saturated carbocycles. The first-order chi connectivity index (χ1) is 14.5. The zero-order valence-electron chi connectivity index (χ0n) is 16.4. The van der Waals surface area contributed by atoms with Gasteiger partial charge >= 0.3 is 5.97 Å². The molecule has 8 nitrogen and oxygen atoms in total. The van der Waals surface area contributed by atoms with E-state index in [0.717, 1.165) is 0 Å². The molecule has 30 heavy (non-hydrogen) atoms. The van der Waals surface area contributed by atoms with Crippen LogP contribution in [0.4, 0.5) is 0 Å². The normalized spacial score (nSPS) is 15.7. The largest absolute Gasteiger partial charge is 0.463 e. The first kappa shape index (κ1) is 20.4. The molecule has 2 heterocycles. The minimum Gasteiger partial charge on any atom is -0.463 e. The van der Waals surface area contributed by atoms with Gasteiger partial charge in [0.05, 0.1) is 18.1 Å². The van der Waals surface area contributed by atoms with Crippen LogP contribution in [-0.2, 0) is 14.3 Å². The predicted molar refractivity (Wildman–Crippen MR) is 105 cm³/mol. The molecule has 1 unspecified atom stereocenters. The van der Waals surface area contributed by atoms with E-state index in [1.807, 2.05) is 12.1 Å². The van der Waals surface area contributed by atoms with Gasteiger partial charge in [-0.15, -0.1) is 0 Å². The van der Waals surface area contributed by atoms with Crippen molar-refractivity contribution in [3.8, 4) is 23.8 Å². The van der Waals surface area contributed by atoms with Gasteiger partial charge in [-0.3, -0.25) is 0 Å². The molecule has 1 aromatic carbocycles. The Balaban J connectivity index is 1.97. The molecule has 150 valence electrons. The molecule has 0 fully saturated rings. The molecule has 0 amide bonds. The van der Waals surface area contributed by atoms with Gasteiger partial charge in [-0.25, -0.2) is 9.78 Å². The summed E-state index contributed by atoms with van der Waals surface area (Å²) < 4.78 is 16.2. The molecule has 0 bridgehead atoms. The maximum atomic E-state index is 12.5. The zero-order chi connectivity index (χ0) is 21.7. The number of hydrogen-bond acceptors (Lipinski definition) is 8. The summed E-state index contributed by atoms with van der Waals surface area (Å²) >= 11 is 0. The molecule has 1 atom stereocenters. The van der Waals surface area contributed by atoms with Crippen molar-refractivity contribution in [2.24, 2.45) is 5.73 Å². The highest BCUT2D eigenvalue weighted by Crippen LogP contribution is 2.40. The summed E-state index contributed by atoms with van der Waals surface area (Å²) in [5.74, 6) is -0.462. The fraction of sp³-hybridized carbons (Fsp3) is 0.182. The Morgan fingerprint density at radius 3 is 2.60 bits per heavy atom. The Bertz CT molecular complexity index is 1120. The van der Waals surface area contributed by atoms with E-state index in [1.165, 1.54) is 6.20 Å². The van der Waals surface area contributed by atoms with Crippen molar-refractivity contribution < 1.29 is 19.0 Å². The van der Waals surface area contributed by atoms with Gasteiger partial charge < -0.3 is 19.9 Å². The number of rotatable bonds is 5. The maximum absolute atomic E-state index is 12.5. The van der Waals surface area contributed by atoms with Crippen LogP contribution in [0.5, 0.6) is 11.6 Å². The van der Waals surface area contributed by atoms with Gasteiger partial charge in [0.25, 0.3) is 0 Å². The van der Waals surface area contributed by atoms with Gasteiger partial charge in [0.1, 0.15) is 34.8 Å². The Morgan fingerprint density at radius 1 is 1.23 bits per heavy atom. The molecule has 1 aliphatic heterocycles. The predicted octanol–water partition coefficient (Wildman–Crippen LogP) is 3.39. The second-order valence-corrected chi connectivity index (χ2v) is 6.25. The average molecular weight is 402 g/mol. The molecule has 0 aliphatic carbocycles. The van der Waals surface area contributed by atoms with Crippen LogP contribution >= 0.6 is 0 Å². The topological polar surface area (TPSA) is 131 Å². The first-order valence-electron chi connectivity index (χ1n) is 9.08. The average Bonchev–Trinajstić information content (AvgIpc) is 2.74. The summed E-state index contributed by atoms with van der Waals surface area (Å²) in [6.07, 6.45) is 1.53. The zero-order valence-corrected chi connectivity index (χ0v) is 16.4. The molecule has 8 heteroatoms. The van der Waals surface area contributed by atoms with E-state index >= 15 is 0 Å². The van der Waals surface area contributed by atoms with Crippen molar-refractivity contribution in [3.63, 3.8) is 0 Å². The number of allylic oxidation sites excluding steroid dienone is 2. The lowest BCUT2D eigenvalue weighted by molar-refractivity contribution is -0.139. The van der Waals surface area contributed by atoms with Crippen molar-refractivity contribution >= 4 is 5.97 Å². The Labute approximate surface area is 173 Å². The summed E-state index contributed by atoms with van der Waals surface area (Å²) in [5.41, 5.74) is 7.16. The molecule has 2 N–H and O–H groups in total. The van der Waals surface area contributed by atoms with Crippen LogP contribution in [0, 0.1) is 22.7 Å². The number of nitrogens with zero attached hydrogens (tertiary/aromatic N) is 3. The number of esters is 1. The number of carbonyl (C=O) groups is 1. The van der Waals surface area contributed by atoms with Gasteiger partial charge in [0.15, 0.2) is 0 Å². The second kappa shape index (κ2) is 8.80. The molecule has 2 aromatic rings. The Hall–Kier alpha value is -4.30. The summed E-state index contributed by atoms with van der Waals surface area (Å²) in [5, 5.41) is 18.8. The van der Waals surface area contributed by atoms with E-state index < -0.39 is 11.9 Å². The smallest absolute Gasteiger partial charge is 0.338 e. The Morgan fingerprint density at radius 2 is 1.97 bits per heavy atom. The second-order valence-electron chi connectivity index (χ2n) is 6.25.